The molecule has 0 atom stereocenters. The molecule has 0 saturated carbocycles. The summed E-state index contributed by atoms with van der Waals surface area (Å²) in [5, 5.41) is 13.1. The van der Waals surface area contributed by atoms with Crippen molar-refractivity contribution in [3.8, 4) is 0 Å². The van der Waals surface area contributed by atoms with Gasteiger partial charge >= 0.3 is 0 Å². The van der Waals surface area contributed by atoms with Gasteiger partial charge in [0.1, 0.15) is 0 Å². The third-order valence-corrected chi connectivity index (χ3v) is 6.14. The Morgan fingerprint density at radius 3 is 2.53 bits per heavy atom. The van der Waals surface area contributed by atoms with Crippen LogP contribution >= 0.6 is 34.9 Å². The Morgan fingerprint density at radius 1 is 1.26 bits per heavy atom. The van der Waals surface area contributed by atoms with Crippen molar-refractivity contribution in [1.82, 2.24) is 10.2 Å². The summed E-state index contributed by atoms with van der Waals surface area (Å²) in [4.78, 5) is 0.485. The SMILES string of the molecule is CSc1nnc(Sc2ccc(N)cc2S(N)(=O)=O)s1. The van der Waals surface area contributed by atoms with Crippen LogP contribution in [0.25, 0.3) is 0 Å². The molecule has 10 heteroatoms. The highest BCUT2D eigenvalue weighted by atomic mass is 32.2. The molecule has 0 bridgehead atoms. The molecule has 1 heterocycles. The molecule has 4 N–H and O–H groups in total. The van der Waals surface area contributed by atoms with Gasteiger partial charge in [-0.15, -0.1) is 10.2 Å². The van der Waals surface area contributed by atoms with Crippen LogP contribution in [0.3, 0.4) is 0 Å². The van der Waals surface area contributed by atoms with Gasteiger partial charge in [-0.25, -0.2) is 13.6 Å². The Hall–Kier alpha value is -0.810. The zero-order valence-corrected chi connectivity index (χ0v) is 13.0. The molecule has 0 aliphatic heterocycles. The minimum absolute atomic E-state index is 0.00148. The first-order valence-corrected chi connectivity index (χ1v) is 9.28. The van der Waals surface area contributed by atoms with Crippen LogP contribution in [0.5, 0.6) is 0 Å². The highest BCUT2D eigenvalue weighted by molar-refractivity contribution is 8.03. The van der Waals surface area contributed by atoms with E-state index in [0.29, 0.717) is 14.9 Å². The molecule has 0 aliphatic carbocycles. The van der Waals surface area contributed by atoms with Gasteiger partial charge in [-0.3, -0.25) is 0 Å². The van der Waals surface area contributed by atoms with Crippen LogP contribution in [0.2, 0.25) is 0 Å². The number of hydrogen-bond acceptors (Lipinski definition) is 8. The van der Waals surface area contributed by atoms with Crippen molar-refractivity contribution >= 4 is 50.6 Å². The summed E-state index contributed by atoms with van der Waals surface area (Å²) in [6, 6.07) is 4.57. The highest BCUT2D eigenvalue weighted by Crippen LogP contribution is 2.36. The number of aromatic nitrogens is 2. The van der Waals surface area contributed by atoms with Crippen molar-refractivity contribution in [1.29, 1.82) is 0 Å². The van der Waals surface area contributed by atoms with E-state index in [9.17, 15) is 8.42 Å². The van der Waals surface area contributed by atoms with Gasteiger partial charge in [-0.1, -0.05) is 34.9 Å². The molecule has 0 spiro atoms. The zero-order valence-electron chi connectivity index (χ0n) is 9.73. The van der Waals surface area contributed by atoms with Crippen LogP contribution in [-0.4, -0.2) is 24.9 Å². The van der Waals surface area contributed by atoms with E-state index in [1.54, 1.807) is 12.1 Å². The predicted octanol–water partition coefficient (Wildman–Crippen LogP) is 1.64. The Kier molecular flexibility index (Phi) is 4.36. The summed E-state index contributed by atoms with van der Waals surface area (Å²) in [7, 11) is -3.82. The van der Waals surface area contributed by atoms with Crippen LogP contribution in [0.15, 0.2) is 36.7 Å². The van der Waals surface area contributed by atoms with Gasteiger partial charge in [0.2, 0.25) is 10.0 Å². The first-order valence-electron chi connectivity index (χ1n) is 4.88. The van der Waals surface area contributed by atoms with Gasteiger partial charge < -0.3 is 5.73 Å². The van der Waals surface area contributed by atoms with Crippen molar-refractivity contribution in [2.75, 3.05) is 12.0 Å². The molecule has 0 radical (unpaired) electrons. The molecule has 19 heavy (non-hydrogen) atoms. The standard InChI is InChI=1S/C9H10N4O2S4/c1-16-8-12-13-9(18-8)17-6-3-2-5(10)4-7(6)19(11,14)15/h2-4H,10H2,1H3,(H2,11,14,15). The second-order valence-corrected chi connectivity index (χ2v) is 8.24. The second-order valence-electron chi connectivity index (χ2n) is 3.39. The number of nitrogen functional groups attached to an aromatic ring is 1. The van der Waals surface area contributed by atoms with E-state index < -0.39 is 10.0 Å². The second kappa shape index (κ2) is 5.67. The van der Waals surface area contributed by atoms with Gasteiger partial charge in [0.25, 0.3) is 0 Å². The number of hydrogen-bond donors (Lipinski definition) is 2. The third kappa shape index (κ3) is 3.60. The minimum atomic E-state index is -3.82. The van der Waals surface area contributed by atoms with E-state index in [4.69, 9.17) is 10.9 Å². The average molecular weight is 334 g/mol. The lowest BCUT2D eigenvalue weighted by molar-refractivity contribution is 0.596. The molecular weight excluding hydrogens is 324 g/mol. The summed E-state index contributed by atoms with van der Waals surface area (Å²) in [5.74, 6) is 0. The molecule has 0 aliphatic rings. The fraction of sp³-hybridized carbons (Fsp3) is 0.111. The molecule has 0 unspecified atom stereocenters. The molecule has 6 nitrogen and oxygen atoms in total. The monoisotopic (exact) mass is 334 g/mol. The van der Waals surface area contributed by atoms with Crippen molar-refractivity contribution in [3.05, 3.63) is 18.2 Å². The smallest absolute Gasteiger partial charge is 0.239 e. The van der Waals surface area contributed by atoms with Gasteiger partial charge in [0, 0.05) is 10.6 Å². The Labute approximate surface area is 123 Å². The fourth-order valence-corrected chi connectivity index (χ4v) is 4.77. The Bertz CT molecular complexity index is 698. The maximum Gasteiger partial charge on any atom is 0.239 e. The van der Waals surface area contributed by atoms with Crippen molar-refractivity contribution < 1.29 is 8.42 Å². The quantitative estimate of drug-likeness (QED) is 0.645. The van der Waals surface area contributed by atoms with Crippen molar-refractivity contribution in [2.45, 2.75) is 18.5 Å². The van der Waals surface area contributed by atoms with Crippen LogP contribution in [-0.2, 0) is 10.0 Å². The first-order chi connectivity index (χ1) is 8.90. The summed E-state index contributed by atoms with van der Waals surface area (Å²) in [6.45, 7) is 0. The maximum atomic E-state index is 11.5. The number of anilines is 1. The van der Waals surface area contributed by atoms with Crippen molar-refractivity contribution in [3.63, 3.8) is 0 Å². The molecule has 2 rings (SSSR count). The van der Waals surface area contributed by atoms with E-state index in [2.05, 4.69) is 10.2 Å². The van der Waals surface area contributed by atoms with Crippen LogP contribution in [0.4, 0.5) is 5.69 Å². The number of nitrogens with two attached hydrogens (primary N) is 2. The lowest BCUT2D eigenvalue weighted by atomic mass is 10.3. The lowest BCUT2D eigenvalue weighted by Gasteiger charge is -2.06. The van der Waals surface area contributed by atoms with Crippen LogP contribution in [0, 0.1) is 0 Å². The van der Waals surface area contributed by atoms with E-state index >= 15 is 0 Å². The van der Waals surface area contributed by atoms with Gasteiger partial charge in [-0.2, -0.15) is 0 Å². The van der Waals surface area contributed by atoms with Crippen LogP contribution < -0.4 is 10.9 Å². The first kappa shape index (κ1) is 14.6. The maximum absolute atomic E-state index is 11.5. The van der Waals surface area contributed by atoms with Crippen molar-refractivity contribution in [2.24, 2.45) is 5.14 Å². The van der Waals surface area contributed by atoms with E-state index in [0.717, 1.165) is 4.34 Å². The largest absolute Gasteiger partial charge is 0.399 e. The molecule has 2 aromatic rings. The topological polar surface area (TPSA) is 112 Å². The predicted molar refractivity (Wildman–Crippen MR) is 78.0 cm³/mol. The highest BCUT2D eigenvalue weighted by Gasteiger charge is 2.17. The summed E-state index contributed by atoms with van der Waals surface area (Å²) >= 11 is 4.07. The van der Waals surface area contributed by atoms with Gasteiger partial charge in [-0.05, 0) is 24.5 Å². The molecule has 1 aromatic heterocycles. The Morgan fingerprint density at radius 2 is 1.95 bits per heavy atom. The zero-order chi connectivity index (χ0) is 14.0. The number of benzene rings is 1. The molecule has 0 amide bonds. The number of nitrogens with zero attached hydrogens (tertiary/aromatic N) is 2. The van der Waals surface area contributed by atoms with Gasteiger partial charge in [0.15, 0.2) is 8.68 Å². The molecule has 1 aromatic carbocycles. The number of primary sulfonamides is 1. The van der Waals surface area contributed by atoms with Crippen LogP contribution in [0.1, 0.15) is 0 Å². The average Bonchev–Trinajstić information content (AvgIpc) is 2.78. The Balaban J connectivity index is 2.40. The molecular formula is C9H10N4O2S4. The fourth-order valence-electron chi connectivity index (χ4n) is 1.25. The molecule has 102 valence electrons. The van der Waals surface area contributed by atoms with E-state index in [1.807, 2.05) is 6.26 Å². The number of sulfonamides is 1. The number of thioether (sulfide) groups is 1. The molecule has 0 fully saturated rings. The van der Waals surface area contributed by atoms with E-state index in [1.165, 1.54) is 40.9 Å². The molecule has 0 saturated heterocycles. The summed E-state index contributed by atoms with van der Waals surface area (Å²) in [6.07, 6.45) is 1.90. The lowest BCUT2D eigenvalue weighted by Crippen LogP contribution is -2.13. The minimum Gasteiger partial charge on any atom is -0.399 e. The summed E-state index contributed by atoms with van der Waals surface area (Å²) < 4.78 is 24.5. The van der Waals surface area contributed by atoms with E-state index in [-0.39, 0.29) is 4.90 Å². The number of rotatable bonds is 4. The van der Waals surface area contributed by atoms with Gasteiger partial charge in [0.05, 0.1) is 4.90 Å². The summed E-state index contributed by atoms with van der Waals surface area (Å²) in [5.41, 5.74) is 5.93. The normalized spacial score (nSPS) is 11.7. The third-order valence-electron chi connectivity index (χ3n) is 2.03.